The fourth-order valence-corrected chi connectivity index (χ4v) is 1.88. The highest BCUT2D eigenvalue weighted by molar-refractivity contribution is 5.69. The quantitative estimate of drug-likeness (QED) is 0.743. The topological polar surface area (TPSA) is 54.5 Å². The van der Waals surface area contributed by atoms with Crippen LogP contribution < -0.4 is 0 Å². The van der Waals surface area contributed by atoms with Gasteiger partial charge in [0.2, 0.25) is 0 Å². The van der Waals surface area contributed by atoms with Crippen LogP contribution in [0.2, 0.25) is 0 Å². The highest BCUT2D eigenvalue weighted by Gasteiger charge is 2.48. The zero-order valence-electron chi connectivity index (χ0n) is 8.28. The average molecular weight is 188 g/mol. The summed E-state index contributed by atoms with van der Waals surface area (Å²) in [6.07, 6.45) is 4.51. The maximum absolute atomic E-state index is 4.46. The van der Waals surface area contributed by atoms with Gasteiger partial charge in [-0.25, -0.2) is 15.0 Å². The summed E-state index contributed by atoms with van der Waals surface area (Å²) in [5.41, 5.74) is 2.12. The number of fused-ring (bicyclic) bond motifs is 1. The third-order valence-corrected chi connectivity index (χ3v) is 3.02. The Kier molecular flexibility index (Phi) is 1.31. The molecule has 2 aromatic rings. The van der Waals surface area contributed by atoms with E-state index in [-0.39, 0.29) is 0 Å². The van der Waals surface area contributed by atoms with Crippen LogP contribution in [-0.2, 0) is 0 Å². The van der Waals surface area contributed by atoms with Crippen molar-refractivity contribution < 1.29 is 0 Å². The first-order chi connectivity index (χ1) is 6.67. The van der Waals surface area contributed by atoms with Crippen LogP contribution in [0, 0.1) is 5.41 Å². The molecule has 1 aliphatic carbocycles. The molecule has 4 nitrogen and oxygen atoms in total. The second-order valence-corrected chi connectivity index (χ2v) is 4.63. The third-order valence-electron chi connectivity index (χ3n) is 3.02. The van der Waals surface area contributed by atoms with Gasteiger partial charge in [0.05, 0.1) is 6.20 Å². The molecule has 0 amide bonds. The molecule has 14 heavy (non-hydrogen) atoms. The molecule has 0 saturated heterocycles. The van der Waals surface area contributed by atoms with Gasteiger partial charge in [-0.1, -0.05) is 13.8 Å². The molecular weight excluding hydrogens is 176 g/mol. The zero-order chi connectivity index (χ0) is 9.76. The average Bonchev–Trinajstić information content (AvgIpc) is 2.62. The van der Waals surface area contributed by atoms with Crippen molar-refractivity contribution in [3.8, 4) is 0 Å². The number of imidazole rings is 1. The highest BCUT2D eigenvalue weighted by atomic mass is 15.0. The smallest absolute Gasteiger partial charge is 0.180 e. The lowest BCUT2D eigenvalue weighted by Crippen LogP contribution is -1.91. The molecule has 0 aromatic carbocycles. The summed E-state index contributed by atoms with van der Waals surface area (Å²) >= 11 is 0. The van der Waals surface area contributed by atoms with E-state index in [9.17, 15) is 0 Å². The number of rotatable bonds is 1. The van der Waals surface area contributed by atoms with Crippen LogP contribution in [0.5, 0.6) is 0 Å². The van der Waals surface area contributed by atoms with Gasteiger partial charge in [0, 0.05) is 5.92 Å². The Morgan fingerprint density at radius 1 is 1.50 bits per heavy atom. The number of hydrogen-bond acceptors (Lipinski definition) is 3. The van der Waals surface area contributed by atoms with Crippen molar-refractivity contribution >= 4 is 11.2 Å². The van der Waals surface area contributed by atoms with E-state index >= 15 is 0 Å². The molecule has 2 heterocycles. The zero-order valence-corrected chi connectivity index (χ0v) is 8.28. The first-order valence-electron chi connectivity index (χ1n) is 4.82. The van der Waals surface area contributed by atoms with E-state index in [0.717, 1.165) is 17.0 Å². The summed E-state index contributed by atoms with van der Waals surface area (Å²) in [5, 5.41) is 0. The minimum Gasteiger partial charge on any atom is -0.339 e. The lowest BCUT2D eigenvalue weighted by Gasteiger charge is -1.97. The number of aromatic amines is 1. The molecule has 4 heteroatoms. The van der Waals surface area contributed by atoms with Crippen molar-refractivity contribution in [2.24, 2.45) is 5.41 Å². The van der Waals surface area contributed by atoms with E-state index in [2.05, 4.69) is 33.8 Å². The predicted octanol–water partition coefficient (Wildman–Crippen LogP) is 1.87. The highest BCUT2D eigenvalue weighted by Crippen LogP contribution is 2.57. The fourth-order valence-electron chi connectivity index (χ4n) is 1.88. The molecule has 1 fully saturated rings. The van der Waals surface area contributed by atoms with E-state index in [1.165, 1.54) is 12.7 Å². The fraction of sp³-hybridized carbons (Fsp3) is 0.500. The Bertz CT molecular complexity index is 453. The number of nitrogens with zero attached hydrogens (tertiary/aromatic N) is 3. The number of hydrogen-bond donors (Lipinski definition) is 1. The summed E-state index contributed by atoms with van der Waals surface area (Å²) in [5.74, 6) is 1.63. The molecular formula is C10H12N4. The molecule has 1 atom stereocenters. The summed E-state index contributed by atoms with van der Waals surface area (Å²) in [7, 11) is 0. The first kappa shape index (κ1) is 7.91. The van der Waals surface area contributed by atoms with Crippen molar-refractivity contribution in [3.63, 3.8) is 0 Å². The lowest BCUT2D eigenvalue weighted by atomic mass is 10.1. The maximum Gasteiger partial charge on any atom is 0.180 e. The molecule has 72 valence electrons. The van der Waals surface area contributed by atoms with E-state index in [4.69, 9.17) is 0 Å². The van der Waals surface area contributed by atoms with Gasteiger partial charge in [0.15, 0.2) is 5.65 Å². The second-order valence-electron chi connectivity index (χ2n) is 4.63. The van der Waals surface area contributed by atoms with Crippen LogP contribution in [0.15, 0.2) is 12.5 Å². The van der Waals surface area contributed by atoms with Gasteiger partial charge in [-0.3, -0.25) is 0 Å². The van der Waals surface area contributed by atoms with Crippen LogP contribution in [-0.4, -0.2) is 19.9 Å². The number of H-pyrrole nitrogens is 1. The van der Waals surface area contributed by atoms with Crippen molar-refractivity contribution in [1.82, 2.24) is 19.9 Å². The Balaban J connectivity index is 2.08. The van der Waals surface area contributed by atoms with Crippen LogP contribution in [0.1, 0.15) is 32.0 Å². The number of aromatic nitrogens is 4. The summed E-state index contributed by atoms with van der Waals surface area (Å²) in [4.78, 5) is 15.8. The van der Waals surface area contributed by atoms with Gasteiger partial charge in [-0.05, 0) is 11.8 Å². The molecule has 0 radical (unpaired) electrons. The van der Waals surface area contributed by atoms with Crippen LogP contribution in [0.25, 0.3) is 11.2 Å². The second kappa shape index (κ2) is 2.32. The molecule has 3 rings (SSSR count). The van der Waals surface area contributed by atoms with Gasteiger partial charge in [0.25, 0.3) is 0 Å². The molecule has 0 aliphatic heterocycles. The standard InChI is InChI=1S/C10H12N4/c1-10(2)3-6(10)8-13-7-4-11-5-12-9(7)14-8/h4-6H,3H2,1-2H3,(H,11,12,13,14). The molecule has 1 N–H and O–H groups in total. The van der Waals surface area contributed by atoms with E-state index < -0.39 is 0 Å². The Morgan fingerprint density at radius 3 is 2.93 bits per heavy atom. The van der Waals surface area contributed by atoms with Gasteiger partial charge >= 0.3 is 0 Å². The third kappa shape index (κ3) is 1.03. The largest absolute Gasteiger partial charge is 0.339 e. The van der Waals surface area contributed by atoms with Gasteiger partial charge in [-0.15, -0.1) is 0 Å². The SMILES string of the molecule is CC1(C)CC1c1nc2ncncc2[nH]1. The van der Waals surface area contributed by atoms with Gasteiger partial charge in [0.1, 0.15) is 17.7 Å². The lowest BCUT2D eigenvalue weighted by molar-refractivity contribution is 0.611. The molecule has 2 aromatic heterocycles. The summed E-state index contributed by atoms with van der Waals surface area (Å²) < 4.78 is 0. The van der Waals surface area contributed by atoms with Crippen molar-refractivity contribution in [1.29, 1.82) is 0 Å². The molecule has 0 bridgehead atoms. The Labute approximate surface area is 81.8 Å². The normalized spacial score (nSPS) is 24.0. The minimum atomic E-state index is 0.404. The monoisotopic (exact) mass is 188 g/mol. The van der Waals surface area contributed by atoms with Crippen LogP contribution in [0.4, 0.5) is 0 Å². The van der Waals surface area contributed by atoms with Crippen molar-refractivity contribution in [2.45, 2.75) is 26.2 Å². The molecule has 1 saturated carbocycles. The van der Waals surface area contributed by atoms with Gasteiger partial charge in [-0.2, -0.15) is 0 Å². The van der Waals surface area contributed by atoms with Crippen LogP contribution >= 0.6 is 0 Å². The van der Waals surface area contributed by atoms with E-state index in [0.29, 0.717) is 11.3 Å². The molecule has 1 unspecified atom stereocenters. The van der Waals surface area contributed by atoms with E-state index in [1.54, 1.807) is 6.20 Å². The summed E-state index contributed by atoms with van der Waals surface area (Å²) in [6.45, 7) is 4.52. The van der Waals surface area contributed by atoms with Crippen LogP contribution in [0.3, 0.4) is 0 Å². The molecule has 0 spiro atoms. The van der Waals surface area contributed by atoms with Gasteiger partial charge < -0.3 is 4.98 Å². The minimum absolute atomic E-state index is 0.404. The Morgan fingerprint density at radius 2 is 2.29 bits per heavy atom. The van der Waals surface area contributed by atoms with Crippen molar-refractivity contribution in [2.75, 3.05) is 0 Å². The maximum atomic E-state index is 4.46. The van der Waals surface area contributed by atoms with Crippen molar-refractivity contribution in [3.05, 3.63) is 18.3 Å². The predicted molar refractivity (Wildman–Crippen MR) is 52.8 cm³/mol. The first-order valence-corrected chi connectivity index (χ1v) is 4.82. The number of nitrogens with one attached hydrogen (secondary N) is 1. The Hall–Kier alpha value is -1.45. The molecule has 1 aliphatic rings. The van der Waals surface area contributed by atoms with E-state index in [1.807, 2.05) is 0 Å². The summed E-state index contributed by atoms with van der Waals surface area (Å²) in [6, 6.07) is 0.